The van der Waals surface area contributed by atoms with Crippen molar-refractivity contribution in [2.24, 2.45) is 0 Å². The monoisotopic (exact) mass is 539 g/mol. The van der Waals surface area contributed by atoms with Gasteiger partial charge in [-0.25, -0.2) is 9.78 Å². The van der Waals surface area contributed by atoms with Gasteiger partial charge in [0.15, 0.2) is 0 Å². The highest BCUT2D eigenvalue weighted by Crippen LogP contribution is 2.34. The van der Waals surface area contributed by atoms with Gasteiger partial charge in [-0.05, 0) is 86.5 Å². The highest BCUT2D eigenvalue weighted by Gasteiger charge is 2.21. The van der Waals surface area contributed by atoms with Crippen LogP contribution in [0.4, 0.5) is 11.5 Å². The third kappa shape index (κ3) is 6.63. The van der Waals surface area contributed by atoms with Crippen LogP contribution in [0.25, 0.3) is 0 Å². The van der Waals surface area contributed by atoms with Gasteiger partial charge in [-0.15, -0.1) is 0 Å². The van der Waals surface area contributed by atoms with Crippen molar-refractivity contribution >= 4 is 29.3 Å². The summed E-state index contributed by atoms with van der Waals surface area (Å²) in [6, 6.07) is 22.3. The molecule has 9 heteroatoms. The predicted molar refractivity (Wildman–Crippen MR) is 151 cm³/mol. The summed E-state index contributed by atoms with van der Waals surface area (Å²) in [7, 11) is 0. The smallest absolute Gasteiger partial charge is 0.397 e. The van der Waals surface area contributed by atoms with Crippen LogP contribution in [-0.4, -0.2) is 34.5 Å². The van der Waals surface area contributed by atoms with Crippen LogP contribution in [0.2, 0.25) is 0 Å². The molecule has 3 aromatic carbocycles. The minimum Gasteiger partial charge on any atom is -0.508 e. The molecule has 204 valence electrons. The van der Waals surface area contributed by atoms with Gasteiger partial charge in [-0.3, -0.25) is 14.5 Å². The van der Waals surface area contributed by atoms with Crippen molar-refractivity contribution in [3.05, 3.63) is 107 Å². The van der Waals surface area contributed by atoms with Gasteiger partial charge < -0.3 is 19.9 Å². The van der Waals surface area contributed by atoms with Crippen molar-refractivity contribution in [1.29, 1.82) is 0 Å². The van der Waals surface area contributed by atoms with E-state index in [4.69, 9.17) is 9.47 Å². The number of anilines is 2. The summed E-state index contributed by atoms with van der Waals surface area (Å²) in [5.74, 6) is -0.658. The highest BCUT2D eigenvalue weighted by atomic mass is 16.5. The van der Waals surface area contributed by atoms with Gasteiger partial charge >= 0.3 is 11.9 Å². The van der Waals surface area contributed by atoms with Crippen LogP contribution in [0.3, 0.4) is 0 Å². The van der Waals surface area contributed by atoms with Crippen molar-refractivity contribution in [3.63, 3.8) is 0 Å². The first-order valence-corrected chi connectivity index (χ1v) is 12.6. The van der Waals surface area contributed by atoms with Crippen LogP contribution in [0.1, 0.15) is 34.0 Å². The highest BCUT2D eigenvalue weighted by molar-refractivity contribution is 6.37. The molecule has 0 aliphatic carbocycles. The van der Waals surface area contributed by atoms with Crippen LogP contribution in [-0.2, 0) is 20.9 Å². The molecule has 9 nitrogen and oxygen atoms in total. The molecule has 2 N–H and O–H groups in total. The molecule has 0 aliphatic heterocycles. The molecule has 0 atom stereocenters. The molecule has 0 saturated carbocycles. The summed E-state index contributed by atoms with van der Waals surface area (Å²) in [6.45, 7) is 5.39. The lowest BCUT2D eigenvalue weighted by Gasteiger charge is -2.23. The van der Waals surface area contributed by atoms with Crippen LogP contribution < -0.4 is 15.0 Å². The molecule has 0 bridgehead atoms. The second kappa shape index (κ2) is 12.6. The number of esters is 1. The number of phenolic OH excluding ortho intramolecular Hbond substituents is 1. The fraction of sp³-hybridized carbons (Fsp3) is 0.161. The fourth-order valence-corrected chi connectivity index (χ4v) is 4.11. The molecule has 0 spiro atoms. The topological polar surface area (TPSA) is 118 Å². The van der Waals surface area contributed by atoms with E-state index in [0.717, 1.165) is 0 Å². The van der Waals surface area contributed by atoms with Gasteiger partial charge in [0.25, 0.3) is 5.91 Å². The van der Waals surface area contributed by atoms with Gasteiger partial charge in [0.1, 0.15) is 23.1 Å². The fourth-order valence-electron chi connectivity index (χ4n) is 4.11. The maximum Gasteiger partial charge on any atom is 0.397 e. The molecule has 0 saturated heterocycles. The summed E-state index contributed by atoms with van der Waals surface area (Å²) in [5.41, 5.74) is 2.80. The number of rotatable bonds is 8. The van der Waals surface area contributed by atoms with Gasteiger partial charge in [0.05, 0.1) is 13.2 Å². The van der Waals surface area contributed by atoms with E-state index in [0.29, 0.717) is 45.3 Å². The van der Waals surface area contributed by atoms with E-state index in [-0.39, 0.29) is 24.8 Å². The third-order valence-electron chi connectivity index (χ3n) is 5.97. The zero-order chi connectivity index (χ0) is 28.6. The number of aryl methyl sites for hydroxylation is 2. The van der Waals surface area contributed by atoms with E-state index >= 15 is 0 Å². The number of nitrogens with one attached hydrogen (secondary N) is 1. The number of benzene rings is 3. The first-order valence-electron chi connectivity index (χ1n) is 12.6. The van der Waals surface area contributed by atoms with Crippen LogP contribution in [0, 0.1) is 13.8 Å². The summed E-state index contributed by atoms with van der Waals surface area (Å²) < 4.78 is 10.9. The quantitative estimate of drug-likeness (QED) is 0.223. The van der Waals surface area contributed by atoms with Crippen LogP contribution >= 0.6 is 0 Å². The van der Waals surface area contributed by atoms with E-state index in [1.807, 2.05) is 19.9 Å². The number of carbonyl (C=O) groups excluding carboxylic acids is 3. The largest absolute Gasteiger partial charge is 0.508 e. The van der Waals surface area contributed by atoms with E-state index in [1.54, 1.807) is 79.9 Å². The summed E-state index contributed by atoms with van der Waals surface area (Å²) >= 11 is 0. The lowest BCUT2D eigenvalue weighted by Crippen LogP contribution is -2.31. The number of carbonyl (C=O) groups is 3. The maximum absolute atomic E-state index is 13.4. The number of aromatic nitrogens is 1. The summed E-state index contributed by atoms with van der Waals surface area (Å²) in [6.07, 6.45) is 1.60. The molecule has 4 rings (SSSR count). The predicted octanol–water partition coefficient (Wildman–Crippen LogP) is 5.54. The van der Waals surface area contributed by atoms with E-state index in [2.05, 4.69) is 10.3 Å². The molecule has 0 fully saturated rings. The standard InChI is InChI=1S/C31H29N3O6/c1-4-39-31(38)29(36)33-24-16-20(2)28(21(3)17-24)40-25-13-14-26(35)23(18-25)19-34(27-12-8-9-15-32-27)30(37)22-10-6-5-7-11-22/h5-18,35H,4,19H2,1-3H3,(H,33,36). The Kier molecular flexibility index (Phi) is 8.75. The molecular weight excluding hydrogens is 510 g/mol. The number of nitrogens with zero attached hydrogens (tertiary/aromatic N) is 2. The Hall–Kier alpha value is -5.18. The lowest BCUT2D eigenvalue weighted by molar-refractivity contribution is -0.152. The Morgan fingerprint density at radius 2 is 1.62 bits per heavy atom. The average molecular weight is 540 g/mol. The zero-order valence-electron chi connectivity index (χ0n) is 22.4. The first-order chi connectivity index (χ1) is 19.3. The minimum absolute atomic E-state index is 0.000359. The number of hydrogen-bond donors (Lipinski definition) is 2. The average Bonchev–Trinajstić information content (AvgIpc) is 2.95. The van der Waals surface area contributed by atoms with Crippen molar-refractivity contribution in [2.75, 3.05) is 16.8 Å². The van der Waals surface area contributed by atoms with Crippen molar-refractivity contribution in [3.8, 4) is 17.2 Å². The number of ether oxygens (including phenoxy) is 2. The first kappa shape index (κ1) is 27.8. The van der Waals surface area contributed by atoms with E-state index in [9.17, 15) is 19.5 Å². The number of phenols is 1. The number of amides is 2. The molecular formula is C31H29N3O6. The van der Waals surface area contributed by atoms with Gasteiger partial charge in [0, 0.05) is 23.0 Å². The Morgan fingerprint density at radius 1 is 0.925 bits per heavy atom. The normalized spacial score (nSPS) is 10.5. The summed E-state index contributed by atoms with van der Waals surface area (Å²) in [5, 5.41) is 13.2. The molecule has 4 aromatic rings. The molecule has 0 aliphatic rings. The van der Waals surface area contributed by atoms with Gasteiger partial charge in [0.2, 0.25) is 0 Å². The summed E-state index contributed by atoms with van der Waals surface area (Å²) in [4.78, 5) is 43.0. The van der Waals surface area contributed by atoms with Gasteiger partial charge in [-0.2, -0.15) is 0 Å². The SMILES string of the molecule is CCOC(=O)C(=O)Nc1cc(C)c(Oc2ccc(O)c(CN(C(=O)c3ccccc3)c3ccccn3)c2)c(C)c1. The Labute approximate surface area is 232 Å². The van der Waals surface area contributed by atoms with Gasteiger partial charge in [-0.1, -0.05) is 24.3 Å². The Bertz CT molecular complexity index is 1500. The molecule has 0 radical (unpaired) electrons. The number of hydrogen-bond acceptors (Lipinski definition) is 7. The van der Waals surface area contributed by atoms with Crippen LogP contribution in [0.15, 0.2) is 85.1 Å². The molecule has 0 unspecified atom stereocenters. The molecule has 1 aromatic heterocycles. The molecule has 1 heterocycles. The van der Waals surface area contributed by atoms with Crippen molar-refractivity contribution in [2.45, 2.75) is 27.3 Å². The lowest BCUT2D eigenvalue weighted by atomic mass is 10.1. The second-order valence-electron chi connectivity index (χ2n) is 8.95. The van der Waals surface area contributed by atoms with Crippen molar-refractivity contribution in [1.82, 2.24) is 4.98 Å². The van der Waals surface area contributed by atoms with Crippen LogP contribution in [0.5, 0.6) is 17.2 Å². The number of pyridine rings is 1. The second-order valence-corrected chi connectivity index (χ2v) is 8.95. The van der Waals surface area contributed by atoms with E-state index < -0.39 is 11.9 Å². The van der Waals surface area contributed by atoms with Crippen molar-refractivity contribution < 1.29 is 29.0 Å². The number of aromatic hydroxyl groups is 1. The van der Waals surface area contributed by atoms with E-state index in [1.165, 1.54) is 11.0 Å². The maximum atomic E-state index is 13.4. The molecule has 40 heavy (non-hydrogen) atoms. The Balaban J connectivity index is 1.59. The Morgan fingerprint density at radius 3 is 2.27 bits per heavy atom. The zero-order valence-corrected chi connectivity index (χ0v) is 22.4. The molecule has 2 amide bonds. The minimum atomic E-state index is -0.958. The third-order valence-corrected chi connectivity index (χ3v) is 5.97.